The molecule has 0 bridgehead atoms. The fourth-order valence-electron chi connectivity index (χ4n) is 1.31. The molecule has 1 rings (SSSR count). The van der Waals surface area contributed by atoms with E-state index >= 15 is 0 Å². The van der Waals surface area contributed by atoms with E-state index in [9.17, 15) is 4.79 Å². The van der Waals surface area contributed by atoms with E-state index in [1.807, 2.05) is 31.2 Å². The molecule has 0 saturated carbocycles. The number of hydrogen-bond acceptors (Lipinski definition) is 2. The zero-order valence-corrected chi connectivity index (χ0v) is 11.2. The van der Waals surface area contributed by atoms with E-state index < -0.39 is 0 Å². The van der Waals surface area contributed by atoms with Gasteiger partial charge in [-0.15, -0.1) is 0 Å². The third-order valence-corrected chi connectivity index (χ3v) is 3.19. The molecule has 0 aromatic heterocycles. The number of amides is 1. The molecule has 16 heavy (non-hydrogen) atoms. The van der Waals surface area contributed by atoms with E-state index in [0.717, 1.165) is 10.0 Å². The molecule has 0 fully saturated rings. The zero-order valence-electron chi connectivity index (χ0n) is 9.61. The molecule has 1 aromatic rings. The molecular weight excluding hydrogens is 268 g/mol. The summed E-state index contributed by atoms with van der Waals surface area (Å²) in [5.41, 5.74) is 6.54. The number of benzene rings is 1. The zero-order chi connectivity index (χ0) is 12.1. The van der Waals surface area contributed by atoms with Crippen LogP contribution in [0.25, 0.3) is 0 Å². The van der Waals surface area contributed by atoms with E-state index in [2.05, 4.69) is 15.9 Å². The molecule has 0 spiro atoms. The van der Waals surface area contributed by atoms with Crippen LogP contribution in [0.3, 0.4) is 0 Å². The Morgan fingerprint density at radius 1 is 1.44 bits per heavy atom. The average molecular weight is 285 g/mol. The summed E-state index contributed by atoms with van der Waals surface area (Å²) in [6.07, 6.45) is 0.425. The van der Waals surface area contributed by atoms with Gasteiger partial charge in [0.2, 0.25) is 5.91 Å². The maximum Gasteiger partial charge on any atom is 0.227 e. The lowest BCUT2D eigenvalue weighted by molar-refractivity contribution is -0.130. The normalized spacial score (nSPS) is 12.2. The number of likely N-dealkylation sites (N-methyl/N-ethyl adjacent to an activating group) is 1. The number of hydrogen-bond donors (Lipinski definition) is 1. The first-order valence-electron chi connectivity index (χ1n) is 5.24. The Balaban J connectivity index is 2.60. The van der Waals surface area contributed by atoms with Gasteiger partial charge in [0.25, 0.3) is 0 Å². The molecule has 4 heteroatoms. The van der Waals surface area contributed by atoms with Gasteiger partial charge in [0.15, 0.2) is 0 Å². The topological polar surface area (TPSA) is 46.3 Å². The monoisotopic (exact) mass is 284 g/mol. The standard InChI is InChI=1S/C12H17BrN2O/c1-9(8-14)15(2)12(16)7-10-3-5-11(13)6-4-10/h3-6,9H,7-8,14H2,1-2H3. The van der Waals surface area contributed by atoms with Gasteiger partial charge in [0.1, 0.15) is 0 Å². The lowest BCUT2D eigenvalue weighted by atomic mass is 10.1. The molecule has 0 saturated heterocycles. The average Bonchev–Trinajstić information content (AvgIpc) is 2.30. The Morgan fingerprint density at radius 2 is 2.00 bits per heavy atom. The summed E-state index contributed by atoms with van der Waals surface area (Å²) in [4.78, 5) is 13.6. The minimum absolute atomic E-state index is 0.0861. The molecule has 0 aliphatic carbocycles. The van der Waals surface area contributed by atoms with Crippen LogP contribution in [0.1, 0.15) is 12.5 Å². The Labute approximate surface area is 105 Å². The quantitative estimate of drug-likeness (QED) is 0.917. The van der Waals surface area contributed by atoms with Gasteiger partial charge >= 0.3 is 0 Å². The van der Waals surface area contributed by atoms with Crippen molar-refractivity contribution in [1.29, 1.82) is 0 Å². The molecule has 1 aromatic carbocycles. The van der Waals surface area contributed by atoms with Crippen LogP contribution in [0.15, 0.2) is 28.7 Å². The third kappa shape index (κ3) is 3.61. The molecule has 1 amide bonds. The van der Waals surface area contributed by atoms with Crippen LogP contribution in [0.5, 0.6) is 0 Å². The minimum atomic E-state index is 0.0861. The van der Waals surface area contributed by atoms with Crippen molar-refractivity contribution in [2.45, 2.75) is 19.4 Å². The van der Waals surface area contributed by atoms with Crippen molar-refractivity contribution >= 4 is 21.8 Å². The summed E-state index contributed by atoms with van der Waals surface area (Å²) < 4.78 is 1.02. The predicted octanol–water partition coefficient (Wildman–Crippen LogP) is 1.80. The van der Waals surface area contributed by atoms with E-state index in [0.29, 0.717) is 13.0 Å². The SMILES string of the molecule is CC(CN)N(C)C(=O)Cc1ccc(Br)cc1. The van der Waals surface area contributed by atoms with E-state index in [1.165, 1.54) is 0 Å². The summed E-state index contributed by atoms with van der Waals surface area (Å²) in [7, 11) is 1.79. The maximum absolute atomic E-state index is 11.9. The van der Waals surface area contributed by atoms with Crippen LogP contribution in [-0.2, 0) is 11.2 Å². The third-order valence-electron chi connectivity index (χ3n) is 2.66. The Hall–Kier alpha value is -0.870. The lowest BCUT2D eigenvalue weighted by Gasteiger charge is -2.23. The van der Waals surface area contributed by atoms with E-state index in [1.54, 1.807) is 11.9 Å². The van der Waals surface area contributed by atoms with Gasteiger partial charge in [-0.3, -0.25) is 4.79 Å². The molecule has 0 heterocycles. The van der Waals surface area contributed by atoms with Gasteiger partial charge in [-0.25, -0.2) is 0 Å². The van der Waals surface area contributed by atoms with E-state index in [-0.39, 0.29) is 11.9 Å². The van der Waals surface area contributed by atoms with Gasteiger partial charge in [-0.1, -0.05) is 28.1 Å². The second-order valence-electron chi connectivity index (χ2n) is 3.89. The van der Waals surface area contributed by atoms with Gasteiger partial charge in [-0.2, -0.15) is 0 Å². The largest absolute Gasteiger partial charge is 0.341 e. The molecule has 0 aliphatic rings. The molecule has 1 atom stereocenters. The number of carbonyl (C=O) groups is 1. The van der Waals surface area contributed by atoms with Crippen molar-refractivity contribution in [3.63, 3.8) is 0 Å². The van der Waals surface area contributed by atoms with Crippen molar-refractivity contribution in [2.24, 2.45) is 5.73 Å². The highest BCUT2D eigenvalue weighted by Gasteiger charge is 2.14. The maximum atomic E-state index is 11.9. The van der Waals surface area contributed by atoms with Gasteiger partial charge in [0.05, 0.1) is 6.42 Å². The first-order chi connectivity index (χ1) is 7.54. The molecular formula is C12H17BrN2O. The van der Waals surface area contributed by atoms with E-state index in [4.69, 9.17) is 5.73 Å². The van der Waals surface area contributed by atoms with Crippen LogP contribution >= 0.6 is 15.9 Å². The number of rotatable bonds is 4. The summed E-state index contributed by atoms with van der Waals surface area (Å²) in [6, 6.07) is 7.86. The Kier molecular flexibility index (Phi) is 4.96. The highest BCUT2D eigenvalue weighted by Crippen LogP contribution is 2.11. The van der Waals surface area contributed by atoms with Crippen LogP contribution < -0.4 is 5.73 Å². The van der Waals surface area contributed by atoms with Crippen LogP contribution in [-0.4, -0.2) is 30.4 Å². The van der Waals surface area contributed by atoms with Gasteiger partial charge < -0.3 is 10.6 Å². The van der Waals surface area contributed by atoms with Crippen LogP contribution in [0.2, 0.25) is 0 Å². The highest BCUT2D eigenvalue weighted by atomic mass is 79.9. The smallest absolute Gasteiger partial charge is 0.227 e. The summed E-state index contributed by atoms with van der Waals surface area (Å²) in [5, 5.41) is 0. The van der Waals surface area contributed by atoms with Gasteiger partial charge in [0, 0.05) is 24.1 Å². The predicted molar refractivity (Wildman–Crippen MR) is 69.1 cm³/mol. The number of nitrogens with zero attached hydrogens (tertiary/aromatic N) is 1. The summed E-state index contributed by atoms with van der Waals surface area (Å²) in [5.74, 6) is 0.0975. The van der Waals surface area contributed by atoms with Crippen molar-refractivity contribution in [1.82, 2.24) is 4.90 Å². The number of nitrogens with two attached hydrogens (primary N) is 1. The number of carbonyl (C=O) groups excluding carboxylic acids is 1. The minimum Gasteiger partial charge on any atom is -0.341 e. The van der Waals surface area contributed by atoms with Gasteiger partial charge in [-0.05, 0) is 24.6 Å². The molecule has 3 nitrogen and oxygen atoms in total. The lowest BCUT2D eigenvalue weighted by Crippen LogP contribution is -2.40. The second-order valence-corrected chi connectivity index (χ2v) is 4.81. The summed E-state index contributed by atoms with van der Waals surface area (Å²) in [6.45, 7) is 2.43. The van der Waals surface area contributed by atoms with Crippen LogP contribution in [0, 0.1) is 0 Å². The van der Waals surface area contributed by atoms with Crippen LogP contribution in [0.4, 0.5) is 0 Å². The fourth-order valence-corrected chi connectivity index (χ4v) is 1.57. The molecule has 0 aliphatic heterocycles. The fraction of sp³-hybridized carbons (Fsp3) is 0.417. The Bertz CT molecular complexity index is 351. The first kappa shape index (κ1) is 13.2. The molecule has 88 valence electrons. The first-order valence-corrected chi connectivity index (χ1v) is 6.04. The second kappa shape index (κ2) is 6.01. The van der Waals surface area contributed by atoms with Crippen molar-refractivity contribution < 1.29 is 4.79 Å². The number of halogens is 1. The summed E-state index contributed by atoms with van der Waals surface area (Å²) >= 11 is 3.36. The van der Waals surface area contributed by atoms with Crippen molar-refractivity contribution in [3.8, 4) is 0 Å². The van der Waals surface area contributed by atoms with Crippen molar-refractivity contribution in [3.05, 3.63) is 34.3 Å². The highest BCUT2D eigenvalue weighted by molar-refractivity contribution is 9.10. The molecule has 1 unspecified atom stereocenters. The van der Waals surface area contributed by atoms with Crippen molar-refractivity contribution in [2.75, 3.05) is 13.6 Å². The molecule has 2 N–H and O–H groups in total. The molecule has 0 radical (unpaired) electrons. The Morgan fingerprint density at radius 3 is 2.50 bits per heavy atom.